The predicted octanol–water partition coefficient (Wildman–Crippen LogP) is -0.250. The molecule has 4 N–H and O–H groups in total. The molecule has 108 valence electrons. The van der Waals surface area contributed by atoms with Crippen LogP contribution < -0.4 is 15.2 Å². The van der Waals surface area contributed by atoms with Crippen LogP contribution in [0.15, 0.2) is 23.1 Å². The van der Waals surface area contributed by atoms with E-state index in [0.29, 0.717) is 0 Å². The van der Waals surface area contributed by atoms with Gasteiger partial charge < -0.3 is 5.73 Å². The van der Waals surface area contributed by atoms with Crippen LogP contribution in [0.4, 0.5) is 5.69 Å². The molecule has 1 rings (SSSR count). The van der Waals surface area contributed by atoms with Crippen LogP contribution in [-0.2, 0) is 20.0 Å². The Morgan fingerprint density at radius 1 is 1.16 bits per heavy atom. The van der Waals surface area contributed by atoms with E-state index in [1.165, 1.54) is 18.2 Å². The standard InChI is InChI=1S/C9H14ClN3O4S2/c1-18(14,15)12-4-5-13-19(16,17)7-2-3-8(10)9(11)6-7/h2-3,6,12-13H,4-5,11H2,1H3. The van der Waals surface area contributed by atoms with Gasteiger partial charge in [-0.25, -0.2) is 26.3 Å². The topological polar surface area (TPSA) is 118 Å². The molecule has 0 aliphatic heterocycles. The average Bonchev–Trinajstić information content (AvgIpc) is 2.27. The molecule has 0 atom stereocenters. The summed E-state index contributed by atoms with van der Waals surface area (Å²) in [6.07, 6.45) is 0.987. The number of rotatable bonds is 6. The van der Waals surface area contributed by atoms with Gasteiger partial charge in [-0.3, -0.25) is 0 Å². The molecule has 19 heavy (non-hydrogen) atoms. The molecule has 0 unspecified atom stereocenters. The second kappa shape index (κ2) is 6.06. The Hall–Kier alpha value is -0.870. The molecule has 0 saturated heterocycles. The van der Waals surface area contributed by atoms with E-state index < -0.39 is 20.0 Å². The van der Waals surface area contributed by atoms with Gasteiger partial charge in [0.25, 0.3) is 0 Å². The van der Waals surface area contributed by atoms with E-state index in [2.05, 4.69) is 9.44 Å². The van der Waals surface area contributed by atoms with Gasteiger partial charge in [0.15, 0.2) is 0 Å². The second-order valence-corrected chi connectivity index (χ2v) is 7.75. The Bertz CT molecular complexity index is 658. The minimum absolute atomic E-state index is 0.0336. The van der Waals surface area contributed by atoms with Crippen molar-refractivity contribution >= 4 is 37.3 Å². The van der Waals surface area contributed by atoms with Crippen LogP contribution in [0.5, 0.6) is 0 Å². The monoisotopic (exact) mass is 327 g/mol. The van der Waals surface area contributed by atoms with Crippen molar-refractivity contribution in [2.45, 2.75) is 4.90 Å². The third-order valence-electron chi connectivity index (χ3n) is 2.06. The Labute approximate surface area is 117 Å². The summed E-state index contributed by atoms with van der Waals surface area (Å²) in [7, 11) is -7.08. The van der Waals surface area contributed by atoms with E-state index >= 15 is 0 Å². The van der Waals surface area contributed by atoms with Crippen molar-refractivity contribution in [2.75, 3.05) is 25.1 Å². The molecule has 0 aromatic heterocycles. The largest absolute Gasteiger partial charge is 0.397 e. The molecule has 10 heteroatoms. The first-order valence-corrected chi connectivity index (χ1v) is 8.86. The molecule has 1 aromatic rings. The van der Waals surface area contributed by atoms with Crippen molar-refractivity contribution in [2.24, 2.45) is 0 Å². The van der Waals surface area contributed by atoms with Crippen molar-refractivity contribution in [3.05, 3.63) is 23.2 Å². The van der Waals surface area contributed by atoms with Crippen LogP contribution in [0.2, 0.25) is 5.02 Å². The molecule has 0 spiro atoms. The maximum atomic E-state index is 11.8. The van der Waals surface area contributed by atoms with Crippen molar-refractivity contribution in [3.8, 4) is 0 Å². The number of hydrogen-bond donors (Lipinski definition) is 3. The average molecular weight is 328 g/mol. The molecule has 0 aliphatic rings. The molecule has 0 radical (unpaired) electrons. The Morgan fingerprint density at radius 3 is 2.26 bits per heavy atom. The summed E-state index contributed by atoms with van der Waals surface area (Å²) < 4.78 is 49.7. The molecule has 0 aliphatic carbocycles. The quantitative estimate of drug-likeness (QED) is 0.492. The van der Waals surface area contributed by atoms with Gasteiger partial charge in [-0.2, -0.15) is 0 Å². The molecule has 0 bridgehead atoms. The zero-order valence-corrected chi connectivity index (χ0v) is 12.4. The first kappa shape index (κ1) is 16.2. The third kappa shape index (κ3) is 5.33. The van der Waals surface area contributed by atoms with Gasteiger partial charge in [0.05, 0.1) is 21.9 Å². The zero-order chi connectivity index (χ0) is 14.7. The van der Waals surface area contributed by atoms with Gasteiger partial charge in [0.1, 0.15) is 0 Å². The Kier molecular flexibility index (Phi) is 5.16. The van der Waals surface area contributed by atoms with Gasteiger partial charge in [-0.15, -0.1) is 0 Å². The van der Waals surface area contributed by atoms with Crippen molar-refractivity contribution in [3.63, 3.8) is 0 Å². The fraction of sp³-hybridized carbons (Fsp3) is 0.333. The number of nitrogen functional groups attached to an aromatic ring is 1. The maximum Gasteiger partial charge on any atom is 0.240 e. The number of nitrogens with one attached hydrogen (secondary N) is 2. The number of nitrogens with two attached hydrogens (primary N) is 1. The maximum absolute atomic E-state index is 11.8. The predicted molar refractivity (Wildman–Crippen MR) is 73.9 cm³/mol. The molecule has 0 heterocycles. The van der Waals surface area contributed by atoms with Crippen LogP contribution in [0.25, 0.3) is 0 Å². The zero-order valence-electron chi connectivity index (χ0n) is 10.1. The van der Waals surface area contributed by atoms with Gasteiger partial charge in [0, 0.05) is 13.1 Å². The lowest BCUT2D eigenvalue weighted by Gasteiger charge is -2.08. The first-order chi connectivity index (χ1) is 8.62. The summed E-state index contributed by atoms with van der Waals surface area (Å²) >= 11 is 5.69. The van der Waals surface area contributed by atoms with Gasteiger partial charge in [0.2, 0.25) is 20.0 Å². The van der Waals surface area contributed by atoms with Crippen molar-refractivity contribution in [1.82, 2.24) is 9.44 Å². The molecule has 0 saturated carbocycles. The SMILES string of the molecule is CS(=O)(=O)NCCNS(=O)(=O)c1ccc(Cl)c(N)c1. The van der Waals surface area contributed by atoms with Crippen LogP contribution in [0.3, 0.4) is 0 Å². The fourth-order valence-corrected chi connectivity index (χ4v) is 2.85. The lowest BCUT2D eigenvalue weighted by molar-refractivity contribution is 0.573. The summed E-state index contributed by atoms with van der Waals surface area (Å²) in [6.45, 7) is -0.112. The molecular weight excluding hydrogens is 314 g/mol. The van der Waals surface area contributed by atoms with E-state index in [4.69, 9.17) is 17.3 Å². The molecule has 1 aromatic carbocycles. The van der Waals surface area contributed by atoms with Gasteiger partial charge in [-0.1, -0.05) is 11.6 Å². The summed E-state index contributed by atoms with van der Waals surface area (Å²) in [6, 6.07) is 3.92. The van der Waals surface area contributed by atoms with Crippen LogP contribution in [-0.4, -0.2) is 36.2 Å². The lowest BCUT2D eigenvalue weighted by atomic mass is 10.3. The summed E-state index contributed by atoms with van der Waals surface area (Å²) in [5, 5.41) is 0.262. The summed E-state index contributed by atoms with van der Waals surface area (Å²) in [4.78, 5) is -0.0336. The first-order valence-electron chi connectivity index (χ1n) is 5.11. The molecule has 0 fully saturated rings. The van der Waals surface area contributed by atoms with E-state index in [1.54, 1.807) is 0 Å². The van der Waals surface area contributed by atoms with Crippen LogP contribution in [0.1, 0.15) is 0 Å². The smallest absolute Gasteiger partial charge is 0.240 e. The van der Waals surface area contributed by atoms with E-state index in [-0.39, 0.29) is 28.7 Å². The normalized spacial score (nSPS) is 12.5. The number of sulfonamides is 2. The summed E-state index contributed by atoms with van der Waals surface area (Å²) in [5.41, 5.74) is 5.67. The highest BCUT2D eigenvalue weighted by molar-refractivity contribution is 7.89. The van der Waals surface area contributed by atoms with E-state index in [0.717, 1.165) is 6.26 Å². The highest BCUT2D eigenvalue weighted by Crippen LogP contribution is 2.21. The van der Waals surface area contributed by atoms with E-state index in [1.807, 2.05) is 0 Å². The highest BCUT2D eigenvalue weighted by Gasteiger charge is 2.14. The van der Waals surface area contributed by atoms with Gasteiger partial charge in [-0.05, 0) is 18.2 Å². The van der Waals surface area contributed by atoms with Crippen LogP contribution in [0, 0.1) is 0 Å². The van der Waals surface area contributed by atoms with Crippen molar-refractivity contribution < 1.29 is 16.8 Å². The Balaban J connectivity index is 2.68. The Morgan fingerprint density at radius 2 is 1.74 bits per heavy atom. The van der Waals surface area contributed by atoms with Crippen molar-refractivity contribution in [1.29, 1.82) is 0 Å². The number of benzene rings is 1. The van der Waals surface area contributed by atoms with E-state index in [9.17, 15) is 16.8 Å². The minimum atomic E-state index is -3.74. The molecule has 0 amide bonds. The fourth-order valence-electron chi connectivity index (χ4n) is 1.19. The number of anilines is 1. The molecule has 7 nitrogen and oxygen atoms in total. The van der Waals surface area contributed by atoms with Gasteiger partial charge >= 0.3 is 0 Å². The molecular formula is C9H14ClN3O4S2. The lowest BCUT2D eigenvalue weighted by Crippen LogP contribution is -2.34. The van der Waals surface area contributed by atoms with Crippen LogP contribution >= 0.6 is 11.6 Å². The number of halogens is 1. The summed E-state index contributed by atoms with van der Waals surface area (Å²) in [5.74, 6) is 0. The highest BCUT2D eigenvalue weighted by atomic mass is 35.5. The second-order valence-electron chi connectivity index (χ2n) is 3.75. The minimum Gasteiger partial charge on any atom is -0.397 e. The third-order valence-corrected chi connectivity index (χ3v) is 4.59. The number of hydrogen-bond acceptors (Lipinski definition) is 5.